The zero-order chi connectivity index (χ0) is 12.2. The van der Waals surface area contributed by atoms with Crippen LogP contribution in [0.15, 0.2) is 0 Å². The van der Waals surface area contributed by atoms with Gasteiger partial charge in [0.15, 0.2) is 0 Å². The van der Waals surface area contributed by atoms with Crippen LogP contribution in [0.3, 0.4) is 0 Å². The molecule has 0 aromatic rings. The summed E-state index contributed by atoms with van der Waals surface area (Å²) in [5.41, 5.74) is 0. The number of nitrogens with two attached hydrogens (primary N) is 1. The molecule has 1 saturated heterocycles. The molecule has 1 fully saturated rings. The number of nitrogens with zero attached hydrogens (tertiary/aromatic N) is 1. The monoisotopic (exact) mass is 249 g/mol. The Morgan fingerprint density at radius 1 is 1.56 bits per heavy atom. The number of amides is 2. The number of urea groups is 1. The first kappa shape index (κ1) is 13.2. The smallest absolute Gasteiger partial charge is 0.317 e. The van der Waals surface area contributed by atoms with Crippen LogP contribution in [0.25, 0.3) is 0 Å². The zero-order valence-corrected chi connectivity index (χ0v) is 10.3. The van der Waals surface area contributed by atoms with E-state index in [-0.39, 0.29) is 18.3 Å². The molecule has 0 aliphatic carbocycles. The number of carbonyl (C=O) groups excluding carboxylic acids is 1. The van der Waals surface area contributed by atoms with Gasteiger partial charge in [-0.25, -0.2) is 18.4 Å². The van der Waals surface area contributed by atoms with E-state index >= 15 is 0 Å². The van der Waals surface area contributed by atoms with Crippen LogP contribution in [0.5, 0.6) is 0 Å². The van der Waals surface area contributed by atoms with Gasteiger partial charge in [0.05, 0.1) is 5.75 Å². The predicted octanol–water partition coefficient (Wildman–Crippen LogP) is -0.284. The fourth-order valence-electron chi connectivity index (χ4n) is 1.79. The molecule has 0 aromatic heterocycles. The lowest BCUT2D eigenvalue weighted by molar-refractivity contribution is 0.170. The van der Waals surface area contributed by atoms with Crippen molar-refractivity contribution in [2.24, 2.45) is 11.1 Å². The van der Waals surface area contributed by atoms with E-state index in [4.69, 9.17) is 5.14 Å². The van der Waals surface area contributed by atoms with Crippen molar-refractivity contribution >= 4 is 16.1 Å². The van der Waals surface area contributed by atoms with Crippen molar-refractivity contribution in [2.45, 2.75) is 19.8 Å². The number of sulfonamides is 1. The van der Waals surface area contributed by atoms with Gasteiger partial charge in [-0.3, -0.25) is 0 Å². The fourth-order valence-corrected chi connectivity index (χ4v) is 2.17. The van der Waals surface area contributed by atoms with E-state index in [2.05, 4.69) is 12.2 Å². The molecule has 94 valence electrons. The van der Waals surface area contributed by atoms with Gasteiger partial charge in [-0.15, -0.1) is 0 Å². The van der Waals surface area contributed by atoms with Gasteiger partial charge in [0.2, 0.25) is 10.0 Å². The molecule has 6 nitrogen and oxygen atoms in total. The van der Waals surface area contributed by atoms with Gasteiger partial charge in [-0.1, -0.05) is 6.92 Å². The summed E-state index contributed by atoms with van der Waals surface area (Å²) in [7, 11) is -3.49. The van der Waals surface area contributed by atoms with Crippen molar-refractivity contribution in [3.63, 3.8) is 0 Å². The fraction of sp³-hybridized carbons (Fsp3) is 0.889. The number of nitrogens with one attached hydrogen (secondary N) is 1. The van der Waals surface area contributed by atoms with Crippen molar-refractivity contribution in [3.8, 4) is 0 Å². The molecule has 7 heteroatoms. The third-order valence-corrected chi connectivity index (χ3v) is 3.38. The molecule has 0 aromatic carbocycles. The Balaban J connectivity index is 2.29. The third kappa shape index (κ3) is 4.80. The Morgan fingerprint density at radius 2 is 2.25 bits per heavy atom. The summed E-state index contributed by atoms with van der Waals surface area (Å²) in [6.45, 7) is 3.65. The van der Waals surface area contributed by atoms with Gasteiger partial charge in [0, 0.05) is 19.6 Å². The molecule has 0 spiro atoms. The number of rotatable bonds is 3. The first-order valence-corrected chi connectivity index (χ1v) is 7.13. The van der Waals surface area contributed by atoms with E-state index in [1.807, 2.05) is 0 Å². The second-order valence-electron chi connectivity index (χ2n) is 4.29. The predicted molar refractivity (Wildman–Crippen MR) is 61.3 cm³/mol. The lowest BCUT2D eigenvalue weighted by Crippen LogP contribution is -2.46. The van der Waals surface area contributed by atoms with Gasteiger partial charge in [-0.2, -0.15) is 0 Å². The third-order valence-electron chi connectivity index (χ3n) is 2.61. The molecule has 0 radical (unpaired) electrons. The van der Waals surface area contributed by atoms with E-state index in [0.29, 0.717) is 5.92 Å². The molecule has 16 heavy (non-hydrogen) atoms. The minimum absolute atomic E-state index is 0.0720. The summed E-state index contributed by atoms with van der Waals surface area (Å²) < 4.78 is 21.3. The van der Waals surface area contributed by atoms with Crippen LogP contribution in [-0.2, 0) is 10.0 Å². The molecule has 1 atom stereocenters. The highest BCUT2D eigenvalue weighted by molar-refractivity contribution is 7.89. The SMILES string of the molecule is CC1CCCN(C(=O)NCCS(N)(=O)=O)C1. The molecule has 1 unspecified atom stereocenters. The Morgan fingerprint density at radius 3 is 2.81 bits per heavy atom. The average Bonchev–Trinajstić information content (AvgIpc) is 2.15. The lowest BCUT2D eigenvalue weighted by Gasteiger charge is -2.30. The van der Waals surface area contributed by atoms with Gasteiger partial charge < -0.3 is 10.2 Å². The van der Waals surface area contributed by atoms with Crippen molar-refractivity contribution in [1.82, 2.24) is 10.2 Å². The minimum atomic E-state index is -3.49. The number of carbonyl (C=O) groups is 1. The maximum Gasteiger partial charge on any atom is 0.317 e. The maximum absolute atomic E-state index is 11.6. The van der Waals surface area contributed by atoms with Crippen molar-refractivity contribution < 1.29 is 13.2 Å². The first-order chi connectivity index (χ1) is 7.38. The van der Waals surface area contributed by atoms with E-state index in [9.17, 15) is 13.2 Å². The largest absolute Gasteiger partial charge is 0.337 e. The second kappa shape index (κ2) is 5.49. The number of piperidine rings is 1. The van der Waals surface area contributed by atoms with Crippen LogP contribution in [0.2, 0.25) is 0 Å². The van der Waals surface area contributed by atoms with Crippen LogP contribution in [0, 0.1) is 5.92 Å². The summed E-state index contributed by atoms with van der Waals surface area (Å²) in [5.74, 6) is 0.292. The number of likely N-dealkylation sites (tertiary alicyclic amines) is 1. The second-order valence-corrected chi connectivity index (χ2v) is 6.03. The number of hydrogen-bond acceptors (Lipinski definition) is 3. The number of hydrogen-bond donors (Lipinski definition) is 2. The molecular weight excluding hydrogens is 230 g/mol. The summed E-state index contributed by atoms with van der Waals surface area (Å²) in [6, 6.07) is -0.199. The van der Waals surface area contributed by atoms with Crippen molar-refractivity contribution in [3.05, 3.63) is 0 Å². The molecule has 1 rings (SSSR count). The molecule has 1 aliphatic rings. The Labute approximate surface area is 96.2 Å². The standard InChI is InChI=1S/C9H19N3O3S/c1-8-3-2-5-12(7-8)9(13)11-4-6-16(10,14)15/h8H,2-7H2,1H3,(H,11,13)(H2,10,14,15). The summed E-state index contributed by atoms with van der Waals surface area (Å²) >= 11 is 0. The molecule has 0 bridgehead atoms. The molecule has 1 heterocycles. The molecule has 3 N–H and O–H groups in total. The summed E-state index contributed by atoms with van der Waals surface area (Å²) in [4.78, 5) is 13.3. The maximum atomic E-state index is 11.6. The van der Waals surface area contributed by atoms with E-state index in [0.717, 1.165) is 25.9 Å². The average molecular weight is 249 g/mol. The van der Waals surface area contributed by atoms with Crippen LogP contribution in [0.1, 0.15) is 19.8 Å². The van der Waals surface area contributed by atoms with Crippen LogP contribution in [-0.4, -0.2) is 44.7 Å². The summed E-state index contributed by atoms with van der Waals surface area (Å²) in [6.07, 6.45) is 2.14. The highest BCUT2D eigenvalue weighted by Gasteiger charge is 2.20. The van der Waals surface area contributed by atoms with E-state index in [1.165, 1.54) is 0 Å². The highest BCUT2D eigenvalue weighted by Crippen LogP contribution is 2.14. The van der Waals surface area contributed by atoms with Crippen LogP contribution >= 0.6 is 0 Å². The Bertz CT molecular complexity index is 342. The van der Waals surface area contributed by atoms with Crippen LogP contribution in [0.4, 0.5) is 4.79 Å². The van der Waals surface area contributed by atoms with Gasteiger partial charge in [0.1, 0.15) is 0 Å². The van der Waals surface area contributed by atoms with Crippen molar-refractivity contribution in [2.75, 3.05) is 25.4 Å². The molecule has 1 aliphatic heterocycles. The number of primary sulfonamides is 1. The minimum Gasteiger partial charge on any atom is -0.337 e. The zero-order valence-electron chi connectivity index (χ0n) is 9.48. The molecule has 2 amide bonds. The van der Waals surface area contributed by atoms with Gasteiger partial charge in [-0.05, 0) is 18.8 Å². The first-order valence-electron chi connectivity index (χ1n) is 5.42. The Kier molecular flexibility index (Phi) is 4.55. The normalized spacial score (nSPS) is 21.9. The van der Waals surface area contributed by atoms with E-state index in [1.54, 1.807) is 4.90 Å². The van der Waals surface area contributed by atoms with Gasteiger partial charge >= 0.3 is 6.03 Å². The molecule has 0 saturated carbocycles. The van der Waals surface area contributed by atoms with Crippen molar-refractivity contribution in [1.29, 1.82) is 0 Å². The van der Waals surface area contributed by atoms with Crippen LogP contribution < -0.4 is 10.5 Å². The van der Waals surface area contributed by atoms with E-state index < -0.39 is 10.0 Å². The topological polar surface area (TPSA) is 92.5 Å². The Hall–Kier alpha value is -0.820. The van der Waals surface area contributed by atoms with Gasteiger partial charge in [0.25, 0.3) is 0 Å². The quantitative estimate of drug-likeness (QED) is 0.720. The highest BCUT2D eigenvalue weighted by atomic mass is 32.2. The molecular formula is C9H19N3O3S. The summed E-state index contributed by atoms with van der Waals surface area (Å²) in [5, 5.41) is 7.39. The lowest BCUT2D eigenvalue weighted by atomic mass is 10.0.